The molecule has 1 aliphatic rings. The van der Waals surface area contributed by atoms with Gasteiger partial charge in [-0.25, -0.2) is 0 Å². The first-order chi connectivity index (χ1) is 7.63. The van der Waals surface area contributed by atoms with Gasteiger partial charge in [0.1, 0.15) is 0 Å². The summed E-state index contributed by atoms with van der Waals surface area (Å²) in [4.78, 5) is 2.59. The lowest BCUT2D eigenvalue weighted by Gasteiger charge is -2.19. The zero-order chi connectivity index (χ0) is 12.0. The normalized spacial score (nSPS) is 24.7. The predicted octanol–water partition coefficient (Wildman–Crippen LogP) is 4.10. The maximum atomic E-state index is 2.59. The van der Waals surface area contributed by atoms with Crippen LogP contribution in [0.3, 0.4) is 0 Å². The van der Waals surface area contributed by atoms with E-state index in [-0.39, 0.29) is 0 Å². The van der Waals surface area contributed by atoms with Crippen molar-refractivity contribution in [3.8, 4) is 0 Å². The highest BCUT2D eigenvalue weighted by atomic mass is 15.2. The van der Waals surface area contributed by atoms with Crippen LogP contribution in [0.1, 0.15) is 53.4 Å². The van der Waals surface area contributed by atoms with E-state index < -0.39 is 0 Å². The van der Waals surface area contributed by atoms with Gasteiger partial charge in [0.05, 0.1) is 0 Å². The molecule has 0 N–H and O–H groups in total. The molecule has 0 aromatic carbocycles. The third-order valence-electron chi connectivity index (χ3n) is 3.92. The molecule has 0 saturated carbocycles. The van der Waals surface area contributed by atoms with E-state index in [1.807, 2.05) is 0 Å². The van der Waals surface area contributed by atoms with Crippen LogP contribution >= 0.6 is 0 Å². The van der Waals surface area contributed by atoms with Gasteiger partial charge in [-0.15, -0.1) is 0 Å². The number of allylic oxidation sites excluding steroid dienone is 1. The van der Waals surface area contributed by atoms with Gasteiger partial charge >= 0.3 is 0 Å². The van der Waals surface area contributed by atoms with E-state index in [1.165, 1.54) is 38.8 Å². The van der Waals surface area contributed by atoms with E-state index in [4.69, 9.17) is 0 Å². The summed E-state index contributed by atoms with van der Waals surface area (Å²) in [6, 6.07) is 0.721. The Labute approximate surface area is 102 Å². The first-order valence-corrected chi connectivity index (χ1v) is 7.04. The Kier molecular flexibility index (Phi) is 6.12. The summed E-state index contributed by atoms with van der Waals surface area (Å²) in [6.07, 6.45) is 10.2. The van der Waals surface area contributed by atoms with Gasteiger partial charge in [-0.3, -0.25) is 0 Å². The van der Waals surface area contributed by atoms with E-state index in [2.05, 4.69) is 44.7 Å². The Morgan fingerprint density at radius 3 is 2.62 bits per heavy atom. The summed E-state index contributed by atoms with van der Waals surface area (Å²) in [6.45, 7) is 11.8. The van der Waals surface area contributed by atoms with E-state index in [1.54, 1.807) is 0 Å². The lowest BCUT2D eigenvalue weighted by atomic mass is 10.0. The molecule has 0 aromatic heterocycles. The summed E-state index contributed by atoms with van der Waals surface area (Å²) < 4.78 is 0. The Morgan fingerprint density at radius 1 is 1.31 bits per heavy atom. The molecule has 0 bridgehead atoms. The minimum Gasteiger partial charge on any atom is -0.300 e. The molecule has 1 nitrogen and oxygen atoms in total. The molecule has 1 aliphatic heterocycles. The molecule has 1 heteroatoms. The summed E-state index contributed by atoms with van der Waals surface area (Å²) in [7, 11) is 0. The standard InChI is InChI=1S/C15H29N/c1-5-14(4)8-6-7-9-15-10-11-16(12-15)13(2)3/h7,9,13-15H,5-6,8,10-12H2,1-4H3/b9-7+. The second-order valence-electron chi connectivity index (χ2n) is 5.66. The largest absolute Gasteiger partial charge is 0.300 e. The predicted molar refractivity (Wildman–Crippen MR) is 72.6 cm³/mol. The van der Waals surface area contributed by atoms with Gasteiger partial charge in [0, 0.05) is 12.6 Å². The van der Waals surface area contributed by atoms with Gasteiger partial charge in [0.15, 0.2) is 0 Å². The van der Waals surface area contributed by atoms with E-state index >= 15 is 0 Å². The van der Waals surface area contributed by atoms with Crippen molar-refractivity contribution in [1.29, 1.82) is 0 Å². The Balaban J connectivity index is 2.16. The number of nitrogens with zero attached hydrogens (tertiary/aromatic N) is 1. The monoisotopic (exact) mass is 223 g/mol. The summed E-state index contributed by atoms with van der Waals surface area (Å²) in [5, 5.41) is 0. The molecule has 16 heavy (non-hydrogen) atoms. The van der Waals surface area contributed by atoms with Crippen molar-refractivity contribution >= 4 is 0 Å². The number of hydrogen-bond acceptors (Lipinski definition) is 1. The fourth-order valence-corrected chi connectivity index (χ4v) is 2.32. The molecule has 1 fully saturated rings. The van der Waals surface area contributed by atoms with E-state index in [0.717, 1.165) is 17.9 Å². The number of rotatable bonds is 6. The second kappa shape index (κ2) is 7.11. The van der Waals surface area contributed by atoms with E-state index in [9.17, 15) is 0 Å². The molecule has 0 amide bonds. The molecule has 1 heterocycles. The van der Waals surface area contributed by atoms with Gasteiger partial charge in [-0.1, -0.05) is 32.4 Å². The van der Waals surface area contributed by atoms with E-state index in [0.29, 0.717) is 0 Å². The highest BCUT2D eigenvalue weighted by Crippen LogP contribution is 2.20. The maximum absolute atomic E-state index is 2.59. The zero-order valence-corrected chi connectivity index (χ0v) is 11.6. The van der Waals surface area contributed by atoms with Gasteiger partial charge in [0.25, 0.3) is 0 Å². The van der Waals surface area contributed by atoms with Crippen LogP contribution in [0.15, 0.2) is 12.2 Å². The summed E-state index contributed by atoms with van der Waals surface area (Å²) in [5.41, 5.74) is 0. The molecule has 0 aliphatic carbocycles. The van der Waals surface area contributed by atoms with Crippen LogP contribution in [-0.2, 0) is 0 Å². The third kappa shape index (κ3) is 4.69. The van der Waals surface area contributed by atoms with Crippen molar-refractivity contribution in [2.75, 3.05) is 13.1 Å². The van der Waals surface area contributed by atoms with Crippen LogP contribution in [0.2, 0.25) is 0 Å². The maximum Gasteiger partial charge on any atom is 0.00475 e. The summed E-state index contributed by atoms with van der Waals surface area (Å²) in [5.74, 6) is 1.71. The van der Waals surface area contributed by atoms with Crippen LogP contribution in [0.5, 0.6) is 0 Å². The molecule has 0 spiro atoms. The van der Waals surface area contributed by atoms with Crippen LogP contribution in [0, 0.1) is 11.8 Å². The van der Waals surface area contributed by atoms with Crippen molar-refractivity contribution in [3.63, 3.8) is 0 Å². The molecule has 2 atom stereocenters. The molecule has 1 saturated heterocycles. The quantitative estimate of drug-likeness (QED) is 0.613. The smallest absolute Gasteiger partial charge is 0.00475 e. The fraction of sp³-hybridized carbons (Fsp3) is 0.867. The minimum absolute atomic E-state index is 0.721. The van der Waals surface area contributed by atoms with Crippen molar-refractivity contribution in [3.05, 3.63) is 12.2 Å². The average molecular weight is 223 g/mol. The zero-order valence-electron chi connectivity index (χ0n) is 11.6. The molecule has 2 unspecified atom stereocenters. The summed E-state index contributed by atoms with van der Waals surface area (Å²) >= 11 is 0. The van der Waals surface area contributed by atoms with Gasteiger partial charge in [-0.2, -0.15) is 0 Å². The van der Waals surface area contributed by atoms with Crippen molar-refractivity contribution in [2.45, 2.75) is 59.4 Å². The van der Waals surface area contributed by atoms with Crippen molar-refractivity contribution in [2.24, 2.45) is 11.8 Å². The average Bonchev–Trinajstić information content (AvgIpc) is 2.72. The van der Waals surface area contributed by atoms with Crippen molar-refractivity contribution in [1.82, 2.24) is 4.90 Å². The minimum atomic E-state index is 0.721. The Hall–Kier alpha value is -0.300. The SMILES string of the molecule is CCC(C)CC/C=C/C1CCN(C(C)C)C1. The number of hydrogen-bond donors (Lipinski definition) is 0. The highest BCUT2D eigenvalue weighted by molar-refractivity contribution is 4.94. The molecule has 94 valence electrons. The van der Waals surface area contributed by atoms with Gasteiger partial charge < -0.3 is 4.90 Å². The van der Waals surface area contributed by atoms with Crippen LogP contribution in [0.25, 0.3) is 0 Å². The lowest BCUT2D eigenvalue weighted by molar-refractivity contribution is 0.270. The lowest BCUT2D eigenvalue weighted by Crippen LogP contribution is -2.27. The first-order valence-electron chi connectivity index (χ1n) is 7.04. The van der Waals surface area contributed by atoms with Gasteiger partial charge in [-0.05, 0) is 51.5 Å². The number of likely N-dealkylation sites (tertiary alicyclic amines) is 1. The van der Waals surface area contributed by atoms with Crippen LogP contribution < -0.4 is 0 Å². The Bertz CT molecular complexity index is 207. The van der Waals surface area contributed by atoms with Crippen LogP contribution in [-0.4, -0.2) is 24.0 Å². The third-order valence-corrected chi connectivity index (χ3v) is 3.92. The Morgan fingerprint density at radius 2 is 2.06 bits per heavy atom. The van der Waals surface area contributed by atoms with Crippen LogP contribution in [0.4, 0.5) is 0 Å². The molecule has 0 aromatic rings. The fourth-order valence-electron chi connectivity index (χ4n) is 2.32. The molecular formula is C15H29N. The molecule has 1 rings (SSSR count). The topological polar surface area (TPSA) is 3.24 Å². The molecule has 0 radical (unpaired) electrons. The first kappa shape index (κ1) is 13.8. The molecular weight excluding hydrogens is 194 g/mol. The second-order valence-corrected chi connectivity index (χ2v) is 5.66. The van der Waals surface area contributed by atoms with Gasteiger partial charge in [0.2, 0.25) is 0 Å². The van der Waals surface area contributed by atoms with Crippen molar-refractivity contribution < 1.29 is 0 Å². The highest BCUT2D eigenvalue weighted by Gasteiger charge is 2.21.